The van der Waals surface area contributed by atoms with Crippen molar-refractivity contribution in [1.82, 2.24) is 15.3 Å². The minimum Gasteiger partial charge on any atom is -0.341 e. The molecule has 0 radical (unpaired) electrons. The van der Waals surface area contributed by atoms with Gasteiger partial charge in [0, 0.05) is 37.6 Å². The maximum Gasteiger partial charge on any atom is 0.225 e. The molecule has 0 unspecified atom stereocenters. The summed E-state index contributed by atoms with van der Waals surface area (Å²) in [5, 5.41) is 3.36. The highest BCUT2D eigenvalue weighted by molar-refractivity contribution is 5.30. The lowest BCUT2D eigenvalue weighted by Gasteiger charge is -2.26. The standard InChI is InChI=1S/C13H22N4/c1-2-6-14-9-12-10-15-13(16-11-12)17-7-4-3-5-8-17/h10-11,14H,2-9H2,1H3. The van der Waals surface area contributed by atoms with Gasteiger partial charge in [0.15, 0.2) is 0 Å². The highest BCUT2D eigenvalue weighted by Gasteiger charge is 2.12. The fourth-order valence-corrected chi connectivity index (χ4v) is 2.11. The Hall–Kier alpha value is -1.16. The van der Waals surface area contributed by atoms with Crippen molar-refractivity contribution in [1.29, 1.82) is 0 Å². The second kappa shape index (κ2) is 6.55. The monoisotopic (exact) mass is 234 g/mol. The molecule has 0 atom stereocenters. The van der Waals surface area contributed by atoms with Gasteiger partial charge in [-0.3, -0.25) is 0 Å². The van der Waals surface area contributed by atoms with Crippen LogP contribution in [-0.4, -0.2) is 29.6 Å². The van der Waals surface area contributed by atoms with Gasteiger partial charge in [0.25, 0.3) is 0 Å². The fourth-order valence-electron chi connectivity index (χ4n) is 2.11. The lowest BCUT2D eigenvalue weighted by molar-refractivity contribution is 0.567. The molecule has 0 saturated carbocycles. The van der Waals surface area contributed by atoms with Crippen LogP contribution in [0.3, 0.4) is 0 Å². The minimum absolute atomic E-state index is 0.869. The zero-order valence-corrected chi connectivity index (χ0v) is 10.7. The fraction of sp³-hybridized carbons (Fsp3) is 0.692. The lowest BCUT2D eigenvalue weighted by Crippen LogP contribution is -2.31. The normalized spacial score (nSPS) is 16.2. The van der Waals surface area contributed by atoms with E-state index in [1.54, 1.807) is 0 Å². The topological polar surface area (TPSA) is 41.1 Å². The molecule has 1 aromatic heterocycles. The van der Waals surface area contributed by atoms with Crippen LogP contribution in [0.4, 0.5) is 5.95 Å². The SMILES string of the molecule is CCCNCc1cnc(N2CCCCC2)nc1. The Labute approximate surface area is 103 Å². The summed E-state index contributed by atoms with van der Waals surface area (Å²) in [6, 6.07) is 0. The number of piperidine rings is 1. The summed E-state index contributed by atoms with van der Waals surface area (Å²) in [4.78, 5) is 11.2. The molecule has 94 valence electrons. The summed E-state index contributed by atoms with van der Waals surface area (Å²) < 4.78 is 0. The number of nitrogens with one attached hydrogen (secondary N) is 1. The van der Waals surface area contributed by atoms with Gasteiger partial charge in [-0.15, -0.1) is 0 Å². The molecule has 2 heterocycles. The van der Waals surface area contributed by atoms with E-state index in [0.717, 1.165) is 38.5 Å². The van der Waals surface area contributed by atoms with E-state index in [9.17, 15) is 0 Å². The zero-order chi connectivity index (χ0) is 11.9. The number of nitrogens with zero attached hydrogens (tertiary/aromatic N) is 3. The minimum atomic E-state index is 0.869. The van der Waals surface area contributed by atoms with Gasteiger partial charge in [0.05, 0.1) is 0 Å². The Morgan fingerprint density at radius 1 is 1.18 bits per heavy atom. The third-order valence-electron chi connectivity index (χ3n) is 3.09. The second-order valence-electron chi connectivity index (χ2n) is 4.62. The molecule has 0 aromatic carbocycles. The van der Waals surface area contributed by atoms with Crippen LogP contribution in [0.5, 0.6) is 0 Å². The summed E-state index contributed by atoms with van der Waals surface area (Å²) >= 11 is 0. The molecular weight excluding hydrogens is 212 g/mol. The van der Waals surface area contributed by atoms with Crippen molar-refractivity contribution in [3.8, 4) is 0 Å². The van der Waals surface area contributed by atoms with Gasteiger partial charge < -0.3 is 10.2 Å². The molecule has 1 aliphatic heterocycles. The average Bonchev–Trinajstić information content (AvgIpc) is 2.41. The first-order valence-corrected chi connectivity index (χ1v) is 6.66. The molecule has 0 aliphatic carbocycles. The van der Waals surface area contributed by atoms with Crippen molar-refractivity contribution < 1.29 is 0 Å². The van der Waals surface area contributed by atoms with E-state index in [-0.39, 0.29) is 0 Å². The van der Waals surface area contributed by atoms with Gasteiger partial charge in [-0.1, -0.05) is 6.92 Å². The smallest absolute Gasteiger partial charge is 0.225 e. The highest BCUT2D eigenvalue weighted by Crippen LogP contribution is 2.14. The number of aromatic nitrogens is 2. The van der Waals surface area contributed by atoms with Gasteiger partial charge in [-0.25, -0.2) is 9.97 Å². The van der Waals surface area contributed by atoms with Crippen LogP contribution in [0.25, 0.3) is 0 Å². The van der Waals surface area contributed by atoms with Crippen molar-refractivity contribution in [3.63, 3.8) is 0 Å². The van der Waals surface area contributed by atoms with Crippen LogP contribution in [0, 0.1) is 0 Å². The Morgan fingerprint density at radius 3 is 2.53 bits per heavy atom. The quantitative estimate of drug-likeness (QED) is 0.791. The Morgan fingerprint density at radius 2 is 1.88 bits per heavy atom. The molecule has 0 amide bonds. The maximum absolute atomic E-state index is 4.46. The second-order valence-corrected chi connectivity index (χ2v) is 4.62. The summed E-state index contributed by atoms with van der Waals surface area (Å²) in [5.41, 5.74) is 1.17. The molecule has 0 bridgehead atoms. The van der Waals surface area contributed by atoms with Gasteiger partial charge in [-0.05, 0) is 32.2 Å². The molecular formula is C13H22N4. The third kappa shape index (κ3) is 3.66. The van der Waals surface area contributed by atoms with Gasteiger partial charge >= 0.3 is 0 Å². The first-order valence-electron chi connectivity index (χ1n) is 6.66. The number of rotatable bonds is 5. The van der Waals surface area contributed by atoms with E-state index in [1.807, 2.05) is 12.4 Å². The van der Waals surface area contributed by atoms with E-state index >= 15 is 0 Å². The first kappa shape index (κ1) is 12.3. The maximum atomic E-state index is 4.46. The van der Waals surface area contributed by atoms with Gasteiger partial charge in [0.1, 0.15) is 0 Å². The van der Waals surface area contributed by atoms with Crippen LogP contribution in [-0.2, 0) is 6.54 Å². The summed E-state index contributed by atoms with van der Waals surface area (Å²) in [7, 11) is 0. The van der Waals surface area contributed by atoms with Crippen LogP contribution in [0.15, 0.2) is 12.4 Å². The molecule has 4 heteroatoms. The largest absolute Gasteiger partial charge is 0.341 e. The van der Waals surface area contributed by atoms with Crippen molar-refractivity contribution in [2.24, 2.45) is 0 Å². The van der Waals surface area contributed by atoms with Gasteiger partial charge in [0.2, 0.25) is 5.95 Å². The number of hydrogen-bond acceptors (Lipinski definition) is 4. The van der Waals surface area contributed by atoms with E-state index in [0.29, 0.717) is 0 Å². The predicted molar refractivity (Wildman–Crippen MR) is 70.1 cm³/mol. The van der Waals surface area contributed by atoms with Crippen LogP contribution < -0.4 is 10.2 Å². The molecule has 0 spiro atoms. The summed E-state index contributed by atoms with van der Waals surface area (Å²) in [6.45, 7) is 6.30. The third-order valence-corrected chi connectivity index (χ3v) is 3.09. The van der Waals surface area contributed by atoms with E-state index in [2.05, 4.69) is 27.1 Å². The zero-order valence-electron chi connectivity index (χ0n) is 10.7. The van der Waals surface area contributed by atoms with Crippen molar-refractivity contribution >= 4 is 5.95 Å². The summed E-state index contributed by atoms with van der Waals surface area (Å²) in [5.74, 6) is 0.893. The molecule has 2 rings (SSSR count). The Balaban J connectivity index is 1.88. The predicted octanol–water partition coefficient (Wildman–Crippen LogP) is 1.97. The molecule has 4 nitrogen and oxygen atoms in total. The first-order chi connectivity index (χ1) is 8.40. The number of anilines is 1. The van der Waals surface area contributed by atoms with E-state index in [1.165, 1.54) is 24.8 Å². The van der Waals surface area contributed by atoms with Gasteiger partial charge in [-0.2, -0.15) is 0 Å². The van der Waals surface area contributed by atoms with E-state index < -0.39 is 0 Å². The lowest BCUT2D eigenvalue weighted by atomic mass is 10.1. The van der Waals surface area contributed by atoms with Crippen molar-refractivity contribution in [2.45, 2.75) is 39.2 Å². The highest BCUT2D eigenvalue weighted by atomic mass is 15.2. The molecule has 17 heavy (non-hydrogen) atoms. The molecule has 1 saturated heterocycles. The molecule has 1 N–H and O–H groups in total. The Bertz CT molecular complexity index is 317. The van der Waals surface area contributed by atoms with Crippen LogP contribution in [0.1, 0.15) is 38.2 Å². The summed E-state index contributed by atoms with van der Waals surface area (Å²) in [6.07, 6.45) is 8.92. The Kier molecular flexibility index (Phi) is 4.74. The van der Waals surface area contributed by atoms with Crippen LogP contribution >= 0.6 is 0 Å². The molecule has 1 aromatic rings. The van der Waals surface area contributed by atoms with E-state index in [4.69, 9.17) is 0 Å². The molecule has 1 fully saturated rings. The number of hydrogen-bond donors (Lipinski definition) is 1. The van der Waals surface area contributed by atoms with Crippen molar-refractivity contribution in [2.75, 3.05) is 24.5 Å². The molecule has 1 aliphatic rings. The van der Waals surface area contributed by atoms with Crippen LogP contribution in [0.2, 0.25) is 0 Å². The average molecular weight is 234 g/mol. The van der Waals surface area contributed by atoms with Crippen molar-refractivity contribution in [3.05, 3.63) is 18.0 Å².